The molecule has 16 heavy (non-hydrogen) atoms. The molecule has 0 spiro atoms. The van der Waals surface area contributed by atoms with Crippen LogP contribution in [0.15, 0.2) is 24.3 Å². The predicted octanol–water partition coefficient (Wildman–Crippen LogP) is 4.01. The highest BCUT2D eigenvalue weighted by Crippen LogP contribution is 2.34. The van der Waals surface area contributed by atoms with E-state index in [1.165, 1.54) is 31.2 Å². The summed E-state index contributed by atoms with van der Waals surface area (Å²) >= 11 is 5.86. The van der Waals surface area contributed by atoms with Gasteiger partial charge >= 0.3 is 0 Å². The second-order valence-electron chi connectivity index (χ2n) is 4.79. The van der Waals surface area contributed by atoms with Crippen molar-refractivity contribution in [2.75, 3.05) is 0 Å². The lowest BCUT2D eigenvalue weighted by Crippen LogP contribution is -2.28. The first-order chi connectivity index (χ1) is 7.78. The monoisotopic (exact) mass is 237 g/mol. The smallest absolute Gasteiger partial charge is 0.0406 e. The third-order valence-electron chi connectivity index (χ3n) is 3.32. The van der Waals surface area contributed by atoms with E-state index < -0.39 is 0 Å². The van der Waals surface area contributed by atoms with Crippen LogP contribution in [0.3, 0.4) is 0 Å². The molecule has 0 aliphatic heterocycles. The van der Waals surface area contributed by atoms with Crippen molar-refractivity contribution in [2.45, 2.75) is 45.2 Å². The molecule has 2 heteroatoms. The Morgan fingerprint density at radius 1 is 1.31 bits per heavy atom. The van der Waals surface area contributed by atoms with Gasteiger partial charge in [0.25, 0.3) is 0 Å². The molecule has 0 bridgehead atoms. The molecule has 88 valence electrons. The Balaban J connectivity index is 1.77. The van der Waals surface area contributed by atoms with Crippen molar-refractivity contribution in [3.8, 4) is 0 Å². The van der Waals surface area contributed by atoms with Crippen LogP contribution in [0.4, 0.5) is 0 Å². The lowest BCUT2D eigenvalue weighted by atomic mass is 10.1. The molecule has 1 nitrogen and oxygen atoms in total. The van der Waals surface area contributed by atoms with E-state index in [1.807, 2.05) is 12.1 Å². The van der Waals surface area contributed by atoms with Gasteiger partial charge in [0.2, 0.25) is 0 Å². The number of hydrogen-bond donors (Lipinski definition) is 1. The van der Waals surface area contributed by atoms with Gasteiger partial charge in [-0.3, -0.25) is 0 Å². The summed E-state index contributed by atoms with van der Waals surface area (Å²) in [4.78, 5) is 0. The van der Waals surface area contributed by atoms with Crippen LogP contribution in [0.2, 0.25) is 5.02 Å². The largest absolute Gasteiger partial charge is 0.310 e. The third kappa shape index (κ3) is 3.80. The van der Waals surface area contributed by atoms with Crippen molar-refractivity contribution in [1.82, 2.24) is 5.32 Å². The highest BCUT2D eigenvalue weighted by atomic mass is 35.5. The fourth-order valence-corrected chi connectivity index (χ4v) is 2.14. The van der Waals surface area contributed by atoms with Gasteiger partial charge in [-0.15, -0.1) is 0 Å². The van der Waals surface area contributed by atoms with Gasteiger partial charge in [0.1, 0.15) is 0 Å². The molecule has 0 heterocycles. The lowest BCUT2D eigenvalue weighted by molar-refractivity contribution is 0.445. The van der Waals surface area contributed by atoms with E-state index in [2.05, 4.69) is 24.4 Å². The molecule has 1 aromatic carbocycles. The van der Waals surface area contributed by atoms with Crippen molar-refractivity contribution in [3.05, 3.63) is 34.9 Å². The van der Waals surface area contributed by atoms with E-state index in [-0.39, 0.29) is 0 Å². The van der Waals surface area contributed by atoms with E-state index in [0.29, 0.717) is 6.04 Å². The minimum atomic E-state index is 0.683. The zero-order valence-corrected chi connectivity index (χ0v) is 10.6. The highest BCUT2D eigenvalue weighted by molar-refractivity contribution is 6.30. The summed E-state index contributed by atoms with van der Waals surface area (Å²) in [6.07, 6.45) is 5.46. The summed E-state index contributed by atoms with van der Waals surface area (Å²) in [5.74, 6) is 1.00. The Bertz CT molecular complexity index is 316. The fraction of sp³-hybridized carbons (Fsp3) is 0.571. The van der Waals surface area contributed by atoms with Gasteiger partial charge in [-0.05, 0) is 36.5 Å². The molecule has 0 radical (unpaired) electrons. The molecule has 1 N–H and O–H groups in total. The van der Waals surface area contributed by atoms with E-state index in [4.69, 9.17) is 11.6 Å². The first-order valence-corrected chi connectivity index (χ1v) is 6.63. The molecule has 1 aliphatic rings. The Labute approximate surface area is 103 Å². The van der Waals surface area contributed by atoms with Gasteiger partial charge in [-0.2, -0.15) is 0 Å². The number of rotatable bonds is 6. The Morgan fingerprint density at radius 2 is 2.00 bits per heavy atom. The maximum absolute atomic E-state index is 5.86. The van der Waals surface area contributed by atoms with Crippen LogP contribution >= 0.6 is 11.6 Å². The maximum Gasteiger partial charge on any atom is 0.0406 e. The molecule has 0 aromatic heterocycles. The Kier molecular flexibility index (Phi) is 4.25. The molecule has 1 fully saturated rings. The quantitative estimate of drug-likeness (QED) is 0.789. The maximum atomic E-state index is 5.86. The van der Waals surface area contributed by atoms with Crippen molar-refractivity contribution in [3.63, 3.8) is 0 Å². The molecule has 1 aromatic rings. The third-order valence-corrected chi connectivity index (χ3v) is 3.57. The predicted molar refractivity (Wildman–Crippen MR) is 69.7 cm³/mol. The van der Waals surface area contributed by atoms with Crippen LogP contribution in [0.1, 0.15) is 38.2 Å². The molecular weight excluding hydrogens is 218 g/mol. The van der Waals surface area contributed by atoms with Crippen molar-refractivity contribution < 1.29 is 0 Å². The van der Waals surface area contributed by atoms with Crippen LogP contribution in [-0.2, 0) is 6.54 Å². The van der Waals surface area contributed by atoms with E-state index in [9.17, 15) is 0 Å². The number of benzene rings is 1. The van der Waals surface area contributed by atoms with Crippen molar-refractivity contribution >= 4 is 11.6 Å². The summed E-state index contributed by atoms with van der Waals surface area (Å²) in [5.41, 5.74) is 1.32. The van der Waals surface area contributed by atoms with Gasteiger partial charge < -0.3 is 5.32 Å². The average Bonchev–Trinajstić information content (AvgIpc) is 3.10. The van der Waals surface area contributed by atoms with Gasteiger partial charge in [0.15, 0.2) is 0 Å². The SMILES string of the molecule is CCC(CC1CC1)NCc1ccc(Cl)cc1. The summed E-state index contributed by atoms with van der Waals surface area (Å²) in [6.45, 7) is 3.23. The van der Waals surface area contributed by atoms with Crippen LogP contribution < -0.4 is 5.32 Å². The van der Waals surface area contributed by atoms with Crippen molar-refractivity contribution in [2.24, 2.45) is 5.92 Å². The molecule has 2 rings (SSSR count). The Morgan fingerprint density at radius 3 is 2.56 bits per heavy atom. The zero-order chi connectivity index (χ0) is 11.4. The van der Waals surface area contributed by atoms with Gasteiger partial charge in [-0.25, -0.2) is 0 Å². The molecule has 0 saturated heterocycles. The van der Waals surface area contributed by atoms with E-state index >= 15 is 0 Å². The van der Waals surface area contributed by atoms with Gasteiger partial charge in [0, 0.05) is 17.6 Å². The average molecular weight is 238 g/mol. The second-order valence-corrected chi connectivity index (χ2v) is 5.23. The normalized spacial score (nSPS) is 17.4. The van der Waals surface area contributed by atoms with E-state index in [0.717, 1.165) is 17.5 Å². The molecule has 1 atom stereocenters. The molecule has 1 unspecified atom stereocenters. The Hall–Kier alpha value is -0.530. The summed E-state index contributed by atoms with van der Waals surface area (Å²) in [6, 6.07) is 8.79. The topological polar surface area (TPSA) is 12.0 Å². The first-order valence-electron chi connectivity index (χ1n) is 6.25. The van der Waals surface area contributed by atoms with E-state index in [1.54, 1.807) is 0 Å². The highest BCUT2D eigenvalue weighted by Gasteiger charge is 2.24. The lowest BCUT2D eigenvalue weighted by Gasteiger charge is -2.16. The fourth-order valence-electron chi connectivity index (χ4n) is 2.01. The van der Waals surface area contributed by atoms with Crippen LogP contribution in [0.25, 0.3) is 0 Å². The first kappa shape index (κ1) is 11.9. The summed E-state index contributed by atoms with van der Waals surface area (Å²) < 4.78 is 0. The second kappa shape index (κ2) is 5.70. The van der Waals surface area contributed by atoms with Crippen LogP contribution in [-0.4, -0.2) is 6.04 Å². The zero-order valence-electron chi connectivity index (χ0n) is 9.88. The van der Waals surface area contributed by atoms with Crippen molar-refractivity contribution in [1.29, 1.82) is 0 Å². The number of hydrogen-bond acceptors (Lipinski definition) is 1. The summed E-state index contributed by atoms with van der Waals surface area (Å²) in [7, 11) is 0. The summed E-state index contributed by atoms with van der Waals surface area (Å²) in [5, 5.41) is 4.45. The number of nitrogens with one attached hydrogen (secondary N) is 1. The standard InChI is InChI=1S/C14H20ClN/c1-2-14(9-11-3-4-11)16-10-12-5-7-13(15)8-6-12/h5-8,11,14,16H,2-4,9-10H2,1H3. The van der Waals surface area contributed by atoms with Gasteiger partial charge in [0.05, 0.1) is 0 Å². The minimum absolute atomic E-state index is 0.683. The van der Waals surface area contributed by atoms with Gasteiger partial charge in [-0.1, -0.05) is 43.5 Å². The molecular formula is C14H20ClN. The van der Waals surface area contributed by atoms with Crippen LogP contribution in [0, 0.1) is 5.92 Å². The van der Waals surface area contributed by atoms with Crippen LogP contribution in [0.5, 0.6) is 0 Å². The minimum Gasteiger partial charge on any atom is -0.310 e. The molecule has 1 aliphatic carbocycles. The molecule has 1 saturated carbocycles. The molecule has 0 amide bonds. The number of halogens is 1.